The number of aromatic nitrogens is 1. The molecule has 0 atom stereocenters. The van der Waals surface area contributed by atoms with Gasteiger partial charge in [0.2, 0.25) is 0 Å². The molecule has 0 radical (unpaired) electrons. The largest absolute Gasteiger partial charge is 0.396 e. The van der Waals surface area contributed by atoms with Crippen molar-refractivity contribution in [3.8, 4) is 6.07 Å². The summed E-state index contributed by atoms with van der Waals surface area (Å²) < 4.78 is 0. The van der Waals surface area contributed by atoms with Crippen LogP contribution in [0.2, 0.25) is 0 Å². The van der Waals surface area contributed by atoms with Crippen LogP contribution in [0.4, 0.5) is 11.5 Å². The number of anilines is 2. The van der Waals surface area contributed by atoms with Crippen molar-refractivity contribution < 1.29 is 0 Å². The zero-order chi connectivity index (χ0) is 14.5. The van der Waals surface area contributed by atoms with E-state index in [1.807, 2.05) is 18.2 Å². The van der Waals surface area contributed by atoms with Crippen molar-refractivity contribution in [2.24, 2.45) is 0 Å². The predicted octanol–water partition coefficient (Wildman–Crippen LogP) is 2.87. The zero-order valence-electron chi connectivity index (χ0n) is 11.8. The molecule has 0 spiro atoms. The van der Waals surface area contributed by atoms with Gasteiger partial charge in [0.1, 0.15) is 6.07 Å². The molecule has 4 nitrogen and oxygen atoms in total. The molecule has 2 rings (SSSR count). The Morgan fingerprint density at radius 2 is 2.10 bits per heavy atom. The van der Waals surface area contributed by atoms with Crippen molar-refractivity contribution in [1.29, 1.82) is 5.26 Å². The summed E-state index contributed by atoms with van der Waals surface area (Å²) in [6.07, 6.45) is 1.56. The summed E-state index contributed by atoms with van der Waals surface area (Å²) in [4.78, 5) is 6.43. The van der Waals surface area contributed by atoms with Crippen molar-refractivity contribution in [2.45, 2.75) is 20.4 Å². The van der Waals surface area contributed by atoms with Gasteiger partial charge in [-0.05, 0) is 31.0 Å². The molecular formula is C16H18N4. The molecule has 0 bridgehead atoms. The van der Waals surface area contributed by atoms with E-state index >= 15 is 0 Å². The number of hydrogen-bond donors (Lipinski definition) is 1. The van der Waals surface area contributed by atoms with E-state index in [4.69, 9.17) is 11.0 Å². The summed E-state index contributed by atoms with van der Waals surface area (Å²) >= 11 is 0. The molecule has 0 saturated heterocycles. The summed E-state index contributed by atoms with van der Waals surface area (Å²) in [6, 6.07) is 12.0. The Hall–Kier alpha value is -2.54. The molecule has 0 aliphatic heterocycles. The molecule has 2 aromatic rings. The van der Waals surface area contributed by atoms with E-state index in [-0.39, 0.29) is 0 Å². The minimum absolute atomic E-state index is 0.484. The van der Waals surface area contributed by atoms with Gasteiger partial charge in [-0.15, -0.1) is 0 Å². The van der Waals surface area contributed by atoms with Crippen LogP contribution in [0, 0.1) is 18.3 Å². The van der Waals surface area contributed by atoms with Crippen molar-refractivity contribution in [3.63, 3.8) is 0 Å². The van der Waals surface area contributed by atoms with E-state index in [1.165, 1.54) is 11.1 Å². The lowest BCUT2D eigenvalue weighted by atomic mass is 10.1. The summed E-state index contributed by atoms with van der Waals surface area (Å²) in [5.74, 6) is 0.731. The first-order chi connectivity index (χ1) is 9.65. The normalized spacial score (nSPS) is 10.1. The lowest BCUT2D eigenvalue weighted by Crippen LogP contribution is -2.24. The first kappa shape index (κ1) is 13.9. The van der Waals surface area contributed by atoms with Gasteiger partial charge in [-0.2, -0.15) is 5.26 Å². The van der Waals surface area contributed by atoms with Crippen LogP contribution in [0.5, 0.6) is 0 Å². The second kappa shape index (κ2) is 6.07. The van der Waals surface area contributed by atoms with Crippen LogP contribution < -0.4 is 10.6 Å². The van der Waals surface area contributed by atoms with Crippen molar-refractivity contribution in [3.05, 3.63) is 53.2 Å². The number of rotatable bonds is 4. The lowest BCUT2D eigenvalue weighted by Gasteiger charge is -2.24. The molecule has 0 fully saturated rings. The van der Waals surface area contributed by atoms with Gasteiger partial charge in [0.25, 0.3) is 0 Å². The molecule has 20 heavy (non-hydrogen) atoms. The Bertz CT molecular complexity index is 643. The molecule has 0 aliphatic rings. The molecule has 1 aromatic heterocycles. The molecule has 0 saturated carbocycles. The maximum atomic E-state index is 8.86. The van der Waals surface area contributed by atoms with Crippen molar-refractivity contribution in [2.75, 3.05) is 17.2 Å². The van der Waals surface area contributed by atoms with Crippen LogP contribution in [-0.2, 0) is 6.54 Å². The van der Waals surface area contributed by atoms with Crippen LogP contribution in [0.15, 0.2) is 36.5 Å². The maximum Gasteiger partial charge on any atom is 0.152 e. The van der Waals surface area contributed by atoms with Gasteiger partial charge in [-0.25, -0.2) is 4.98 Å². The fraction of sp³-hybridized carbons (Fsp3) is 0.250. The van der Waals surface area contributed by atoms with Crippen molar-refractivity contribution >= 4 is 11.5 Å². The van der Waals surface area contributed by atoms with Crippen LogP contribution >= 0.6 is 0 Å². The molecule has 0 amide bonds. The topological polar surface area (TPSA) is 65.9 Å². The second-order valence-electron chi connectivity index (χ2n) is 4.69. The first-order valence-electron chi connectivity index (χ1n) is 6.60. The average molecular weight is 266 g/mol. The second-order valence-corrected chi connectivity index (χ2v) is 4.69. The summed E-state index contributed by atoms with van der Waals surface area (Å²) in [5.41, 5.74) is 9.53. The number of nitrogens with two attached hydrogens (primary N) is 1. The minimum Gasteiger partial charge on any atom is -0.396 e. The van der Waals surface area contributed by atoms with E-state index in [0.29, 0.717) is 11.3 Å². The van der Waals surface area contributed by atoms with E-state index in [0.717, 1.165) is 18.9 Å². The number of nitrogens with zero attached hydrogens (tertiary/aromatic N) is 3. The first-order valence-corrected chi connectivity index (χ1v) is 6.60. The summed E-state index contributed by atoms with van der Waals surface area (Å²) in [6.45, 7) is 5.72. The molecule has 0 unspecified atom stereocenters. The Balaban J connectivity index is 2.29. The fourth-order valence-corrected chi connectivity index (χ4v) is 2.13. The van der Waals surface area contributed by atoms with Crippen LogP contribution in [0.3, 0.4) is 0 Å². The molecule has 4 heteroatoms. The van der Waals surface area contributed by atoms with E-state index in [9.17, 15) is 0 Å². The average Bonchev–Trinajstić information content (AvgIpc) is 2.47. The van der Waals surface area contributed by atoms with E-state index in [1.54, 1.807) is 12.3 Å². The number of hydrogen-bond acceptors (Lipinski definition) is 4. The van der Waals surface area contributed by atoms with E-state index < -0.39 is 0 Å². The Morgan fingerprint density at radius 1 is 1.35 bits per heavy atom. The molecule has 1 heterocycles. The Morgan fingerprint density at radius 3 is 2.70 bits per heavy atom. The molecular weight excluding hydrogens is 248 g/mol. The molecule has 0 aliphatic carbocycles. The molecule has 102 valence electrons. The van der Waals surface area contributed by atoms with Crippen LogP contribution in [0.1, 0.15) is 23.6 Å². The number of aryl methyl sites for hydroxylation is 1. The number of nitrogen functional groups attached to an aromatic ring is 1. The standard InChI is InChI=1S/C16H18N4/c1-3-20(11-14-7-5-4-6-12(14)2)16-15(18)8-13(9-17)10-19-16/h4-8,10H,3,11,18H2,1-2H3. The smallest absolute Gasteiger partial charge is 0.152 e. The lowest BCUT2D eigenvalue weighted by molar-refractivity contribution is 0.811. The van der Waals surface area contributed by atoms with Gasteiger partial charge in [0.15, 0.2) is 5.82 Å². The van der Waals surface area contributed by atoms with Gasteiger partial charge < -0.3 is 10.6 Å². The fourth-order valence-electron chi connectivity index (χ4n) is 2.13. The SMILES string of the molecule is CCN(Cc1ccccc1C)c1ncc(C#N)cc1N. The number of nitriles is 1. The van der Waals surface area contributed by atoms with Gasteiger partial charge in [-0.3, -0.25) is 0 Å². The Labute approximate surface area is 119 Å². The Kier molecular flexibility index (Phi) is 4.21. The summed E-state index contributed by atoms with van der Waals surface area (Å²) in [5, 5.41) is 8.86. The summed E-state index contributed by atoms with van der Waals surface area (Å²) in [7, 11) is 0. The van der Waals surface area contributed by atoms with Gasteiger partial charge in [0, 0.05) is 19.3 Å². The highest BCUT2D eigenvalue weighted by molar-refractivity contribution is 5.64. The third kappa shape index (κ3) is 2.89. The van der Waals surface area contributed by atoms with Gasteiger partial charge >= 0.3 is 0 Å². The van der Waals surface area contributed by atoms with Crippen LogP contribution in [0.25, 0.3) is 0 Å². The minimum atomic E-state index is 0.484. The number of benzene rings is 1. The third-order valence-corrected chi connectivity index (χ3v) is 3.33. The highest BCUT2D eigenvalue weighted by atomic mass is 15.2. The quantitative estimate of drug-likeness (QED) is 0.924. The van der Waals surface area contributed by atoms with Gasteiger partial charge in [0.05, 0.1) is 11.3 Å². The predicted molar refractivity (Wildman–Crippen MR) is 81.3 cm³/mol. The third-order valence-electron chi connectivity index (χ3n) is 3.33. The van der Waals surface area contributed by atoms with E-state index in [2.05, 4.69) is 35.9 Å². The molecule has 2 N–H and O–H groups in total. The monoisotopic (exact) mass is 266 g/mol. The number of pyridine rings is 1. The highest BCUT2D eigenvalue weighted by Crippen LogP contribution is 2.23. The van der Waals surface area contributed by atoms with Gasteiger partial charge in [-0.1, -0.05) is 24.3 Å². The van der Waals surface area contributed by atoms with Crippen LogP contribution in [-0.4, -0.2) is 11.5 Å². The molecule has 1 aromatic carbocycles. The highest BCUT2D eigenvalue weighted by Gasteiger charge is 2.12. The van der Waals surface area contributed by atoms with Crippen molar-refractivity contribution in [1.82, 2.24) is 4.98 Å². The zero-order valence-corrected chi connectivity index (χ0v) is 11.8. The maximum absolute atomic E-state index is 8.86.